The Morgan fingerprint density at radius 3 is 2.78 bits per heavy atom. The normalized spacial score (nSPS) is 17.1. The van der Waals surface area contributed by atoms with E-state index in [4.69, 9.17) is 14.5 Å². The lowest BCUT2D eigenvalue weighted by molar-refractivity contribution is -0.116. The van der Waals surface area contributed by atoms with E-state index in [1.807, 2.05) is 13.0 Å². The Kier molecular flexibility index (Phi) is 6.34. The Hall–Kier alpha value is -2.12. The van der Waals surface area contributed by atoms with Gasteiger partial charge in [-0.1, -0.05) is 6.07 Å². The van der Waals surface area contributed by atoms with Gasteiger partial charge in [0.15, 0.2) is 16.6 Å². The van der Waals surface area contributed by atoms with Crippen molar-refractivity contribution in [1.29, 1.82) is 0 Å². The molecule has 1 saturated heterocycles. The number of ether oxygens (including phenoxy) is 2. The number of nitrogens with zero attached hydrogens (tertiary/aromatic N) is 3. The summed E-state index contributed by atoms with van der Waals surface area (Å²) >= 11 is 1.53. The van der Waals surface area contributed by atoms with Crippen LogP contribution >= 0.6 is 11.3 Å². The molecule has 1 atom stereocenters. The zero-order valence-corrected chi connectivity index (χ0v) is 17.2. The van der Waals surface area contributed by atoms with Gasteiger partial charge in [0.25, 0.3) is 0 Å². The molecule has 0 spiro atoms. The van der Waals surface area contributed by atoms with Gasteiger partial charge < -0.3 is 9.47 Å². The third kappa shape index (κ3) is 4.25. The van der Waals surface area contributed by atoms with Crippen LogP contribution in [0.2, 0.25) is 0 Å². The molecule has 146 valence electrons. The minimum atomic E-state index is 0.0303. The molecule has 3 rings (SSSR count). The zero-order chi connectivity index (χ0) is 19.4. The first-order chi connectivity index (χ1) is 13.1. The molecule has 2 heterocycles. The molecule has 1 unspecified atom stereocenters. The van der Waals surface area contributed by atoms with E-state index in [0.717, 1.165) is 48.3 Å². The largest absolute Gasteiger partial charge is 0.493 e. The van der Waals surface area contributed by atoms with E-state index in [9.17, 15) is 4.79 Å². The van der Waals surface area contributed by atoms with E-state index < -0.39 is 0 Å². The molecule has 1 aromatic carbocycles. The summed E-state index contributed by atoms with van der Waals surface area (Å²) in [5.74, 6) is 1.54. The second-order valence-corrected chi connectivity index (χ2v) is 7.46. The number of rotatable bonds is 7. The van der Waals surface area contributed by atoms with E-state index in [0.29, 0.717) is 12.6 Å². The highest BCUT2D eigenvalue weighted by Gasteiger charge is 2.27. The minimum Gasteiger partial charge on any atom is -0.493 e. The lowest BCUT2D eigenvalue weighted by Gasteiger charge is -2.24. The Bertz CT molecular complexity index is 793. The second kappa shape index (κ2) is 8.71. The van der Waals surface area contributed by atoms with E-state index in [2.05, 4.69) is 22.4 Å². The zero-order valence-electron chi connectivity index (χ0n) is 16.4. The number of likely N-dealkylation sites (tertiary alicyclic amines) is 1. The smallest absolute Gasteiger partial charge is 0.225 e. The first kappa shape index (κ1) is 19.6. The van der Waals surface area contributed by atoms with Gasteiger partial charge in [-0.05, 0) is 44.0 Å². The summed E-state index contributed by atoms with van der Waals surface area (Å²) in [5.41, 5.74) is 2.25. The summed E-state index contributed by atoms with van der Waals surface area (Å²) in [6.07, 6.45) is 2.27. The molecule has 0 saturated carbocycles. The molecule has 2 aromatic rings. The van der Waals surface area contributed by atoms with Gasteiger partial charge in [0.2, 0.25) is 5.91 Å². The van der Waals surface area contributed by atoms with Crippen LogP contribution in [0.15, 0.2) is 23.6 Å². The molecule has 7 heteroatoms. The van der Waals surface area contributed by atoms with Crippen molar-refractivity contribution < 1.29 is 14.3 Å². The van der Waals surface area contributed by atoms with E-state index in [1.54, 1.807) is 26.0 Å². The van der Waals surface area contributed by atoms with Gasteiger partial charge in [0.05, 0.1) is 19.9 Å². The standard InChI is InChI=1S/C20H27N3O3S/c1-5-23(14(2)24)20-21-16(13-27-20)12-22-10-6-7-17(22)15-8-9-18(25-3)19(11-15)26-4/h8-9,11,13,17H,5-7,10,12H2,1-4H3. The number of aromatic nitrogens is 1. The van der Waals surface area contributed by atoms with Crippen molar-refractivity contribution in [3.8, 4) is 11.5 Å². The Morgan fingerprint density at radius 2 is 2.11 bits per heavy atom. The number of hydrogen-bond acceptors (Lipinski definition) is 6. The number of carbonyl (C=O) groups excluding carboxylic acids is 1. The van der Waals surface area contributed by atoms with Crippen LogP contribution in [-0.2, 0) is 11.3 Å². The molecule has 1 aliphatic heterocycles. The molecule has 0 aliphatic carbocycles. The van der Waals surface area contributed by atoms with Crippen LogP contribution in [0, 0.1) is 0 Å². The fourth-order valence-corrected chi connectivity index (χ4v) is 4.57. The van der Waals surface area contributed by atoms with Crippen molar-refractivity contribution in [2.45, 2.75) is 39.3 Å². The Balaban J connectivity index is 1.76. The van der Waals surface area contributed by atoms with Crippen LogP contribution in [-0.4, -0.2) is 43.1 Å². The maximum Gasteiger partial charge on any atom is 0.225 e. The van der Waals surface area contributed by atoms with Crippen LogP contribution in [0.4, 0.5) is 5.13 Å². The topological polar surface area (TPSA) is 54.9 Å². The maximum atomic E-state index is 11.7. The quantitative estimate of drug-likeness (QED) is 0.719. The van der Waals surface area contributed by atoms with E-state index >= 15 is 0 Å². The number of benzene rings is 1. The highest BCUT2D eigenvalue weighted by Crippen LogP contribution is 2.37. The number of amides is 1. The number of thiazole rings is 1. The molecule has 1 aliphatic rings. The summed E-state index contributed by atoms with van der Waals surface area (Å²) in [4.78, 5) is 20.6. The fourth-order valence-electron chi connectivity index (χ4n) is 3.65. The Morgan fingerprint density at radius 1 is 1.33 bits per heavy atom. The monoisotopic (exact) mass is 389 g/mol. The molecule has 6 nitrogen and oxygen atoms in total. The predicted octanol–water partition coefficient (Wildman–Crippen LogP) is 3.87. The average Bonchev–Trinajstić information content (AvgIpc) is 3.31. The van der Waals surface area contributed by atoms with Gasteiger partial charge in [0.1, 0.15) is 0 Å². The molecule has 1 amide bonds. The number of hydrogen-bond donors (Lipinski definition) is 0. The van der Waals surface area contributed by atoms with E-state index in [1.165, 1.54) is 16.9 Å². The summed E-state index contributed by atoms with van der Waals surface area (Å²) < 4.78 is 10.8. The third-order valence-electron chi connectivity index (χ3n) is 4.99. The number of carbonyl (C=O) groups is 1. The number of methoxy groups -OCH3 is 2. The SMILES string of the molecule is CCN(C(C)=O)c1nc(CN2CCCC2c2ccc(OC)c(OC)c2)cs1. The summed E-state index contributed by atoms with van der Waals surface area (Å²) in [6, 6.07) is 6.50. The van der Waals surface area contributed by atoms with E-state index in [-0.39, 0.29) is 5.91 Å². The fraction of sp³-hybridized carbons (Fsp3) is 0.500. The van der Waals surface area contributed by atoms with Crippen LogP contribution in [0.3, 0.4) is 0 Å². The van der Waals surface area contributed by atoms with Crippen LogP contribution < -0.4 is 14.4 Å². The van der Waals surface area contributed by atoms with Crippen LogP contribution in [0.1, 0.15) is 44.0 Å². The molecule has 1 aromatic heterocycles. The Labute approximate surface area is 164 Å². The van der Waals surface area contributed by atoms with Crippen molar-refractivity contribution >= 4 is 22.4 Å². The number of anilines is 1. The highest BCUT2D eigenvalue weighted by atomic mass is 32.1. The molecular weight excluding hydrogens is 362 g/mol. The van der Waals surface area contributed by atoms with Gasteiger partial charge in [0, 0.05) is 31.4 Å². The molecule has 0 bridgehead atoms. The first-order valence-electron chi connectivity index (χ1n) is 9.25. The third-order valence-corrected chi connectivity index (χ3v) is 5.90. The highest BCUT2D eigenvalue weighted by molar-refractivity contribution is 7.14. The first-order valence-corrected chi connectivity index (χ1v) is 10.1. The molecular formula is C20H27N3O3S. The summed E-state index contributed by atoms with van der Waals surface area (Å²) in [5, 5.41) is 2.84. The van der Waals surface area contributed by atoms with Gasteiger partial charge >= 0.3 is 0 Å². The lowest BCUT2D eigenvalue weighted by atomic mass is 10.0. The molecule has 0 radical (unpaired) electrons. The maximum absolute atomic E-state index is 11.7. The van der Waals surface area contributed by atoms with Crippen LogP contribution in [0.5, 0.6) is 11.5 Å². The van der Waals surface area contributed by atoms with Crippen molar-refractivity contribution in [2.75, 3.05) is 32.2 Å². The van der Waals surface area contributed by atoms with Crippen molar-refractivity contribution in [1.82, 2.24) is 9.88 Å². The van der Waals surface area contributed by atoms with Gasteiger partial charge in [-0.3, -0.25) is 14.6 Å². The lowest BCUT2D eigenvalue weighted by Crippen LogP contribution is -2.28. The van der Waals surface area contributed by atoms with Gasteiger partial charge in [-0.25, -0.2) is 4.98 Å². The van der Waals surface area contributed by atoms with Crippen molar-refractivity contribution in [2.24, 2.45) is 0 Å². The van der Waals surface area contributed by atoms with Gasteiger partial charge in [-0.2, -0.15) is 0 Å². The molecule has 0 N–H and O–H groups in total. The predicted molar refractivity (Wildman–Crippen MR) is 108 cm³/mol. The van der Waals surface area contributed by atoms with Crippen molar-refractivity contribution in [3.05, 3.63) is 34.8 Å². The molecule has 1 fully saturated rings. The van der Waals surface area contributed by atoms with Crippen LogP contribution in [0.25, 0.3) is 0 Å². The van der Waals surface area contributed by atoms with Crippen molar-refractivity contribution in [3.63, 3.8) is 0 Å². The van der Waals surface area contributed by atoms with Gasteiger partial charge in [-0.15, -0.1) is 11.3 Å². The summed E-state index contributed by atoms with van der Waals surface area (Å²) in [7, 11) is 3.32. The summed E-state index contributed by atoms with van der Waals surface area (Å²) in [6.45, 7) is 6.01. The second-order valence-electron chi connectivity index (χ2n) is 6.63. The minimum absolute atomic E-state index is 0.0303. The average molecular weight is 390 g/mol. The molecule has 27 heavy (non-hydrogen) atoms.